The van der Waals surface area contributed by atoms with Crippen molar-refractivity contribution in [3.63, 3.8) is 0 Å². The van der Waals surface area contributed by atoms with Gasteiger partial charge in [0.2, 0.25) is 0 Å². The summed E-state index contributed by atoms with van der Waals surface area (Å²) >= 11 is 0. The van der Waals surface area contributed by atoms with Gasteiger partial charge >= 0.3 is 0 Å². The van der Waals surface area contributed by atoms with E-state index in [0.717, 1.165) is 36.7 Å². The fourth-order valence-electron chi connectivity index (χ4n) is 2.72. The van der Waals surface area contributed by atoms with Crippen LogP contribution in [0.2, 0.25) is 0 Å². The van der Waals surface area contributed by atoms with E-state index in [2.05, 4.69) is 25.1 Å². The van der Waals surface area contributed by atoms with E-state index in [0.29, 0.717) is 12.5 Å². The van der Waals surface area contributed by atoms with Gasteiger partial charge < -0.3 is 15.6 Å². The van der Waals surface area contributed by atoms with Crippen molar-refractivity contribution in [2.75, 3.05) is 11.9 Å². The molecular weight excluding hydrogens is 276 g/mol. The highest BCUT2D eigenvalue weighted by Crippen LogP contribution is 2.14. The Kier molecular flexibility index (Phi) is 4.68. The van der Waals surface area contributed by atoms with Gasteiger partial charge in [0.1, 0.15) is 11.6 Å². The Morgan fingerprint density at radius 2 is 2.05 bits per heavy atom. The molecule has 0 bridgehead atoms. The summed E-state index contributed by atoms with van der Waals surface area (Å²) in [7, 11) is 0. The normalized spacial score (nSPS) is 15.2. The zero-order chi connectivity index (χ0) is 15.2. The van der Waals surface area contributed by atoms with Gasteiger partial charge in [0.15, 0.2) is 5.96 Å². The van der Waals surface area contributed by atoms with E-state index in [1.807, 2.05) is 30.3 Å². The van der Waals surface area contributed by atoms with Crippen LogP contribution in [0.1, 0.15) is 30.9 Å². The maximum Gasteiger partial charge on any atom is 0.193 e. The van der Waals surface area contributed by atoms with Crippen LogP contribution < -0.4 is 11.1 Å². The minimum absolute atomic E-state index is 0.432. The topological polar surface area (TPSA) is 81.1 Å². The van der Waals surface area contributed by atoms with Crippen molar-refractivity contribution >= 4 is 11.6 Å². The average molecular weight is 298 g/mol. The number of aliphatic imine (C=N–C) groups is 1. The number of rotatable bonds is 4. The lowest BCUT2D eigenvalue weighted by Crippen LogP contribution is -2.23. The number of guanidine groups is 1. The monoisotopic (exact) mass is 298 g/mol. The Hall–Kier alpha value is -2.37. The standard InChI is InChI=1S/C16H22N6/c17-16(19-13-7-3-1-4-8-13)18-11-10-15-21-20-14-9-5-2-6-12-22(14)15/h1,3-4,7-8H,2,5-6,9-12H2,(H3,17,18,19). The summed E-state index contributed by atoms with van der Waals surface area (Å²) in [6.07, 6.45) is 5.50. The lowest BCUT2D eigenvalue weighted by molar-refractivity contribution is 0.605. The quantitative estimate of drug-likeness (QED) is 0.668. The molecule has 3 rings (SSSR count). The number of aryl methyl sites for hydroxylation is 1. The van der Waals surface area contributed by atoms with Crippen LogP contribution in [-0.2, 0) is 19.4 Å². The van der Waals surface area contributed by atoms with Gasteiger partial charge in [-0.1, -0.05) is 24.6 Å². The second-order valence-corrected chi connectivity index (χ2v) is 5.50. The van der Waals surface area contributed by atoms with Gasteiger partial charge in [-0.3, -0.25) is 4.99 Å². The van der Waals surface area contributed by atoms with Gasteiger partial charge in [-0.05, 0) is 25.0 Å². The van der Waals surface area contributed by atoms with Crippen molar-refractivity contribution in [1.29, 1.82) is 0 Å². The molecule has 116 valence electrons. The van der Waals surface area contributed by atoms with Crippen LogP contribution >= 0.6 is 0 Å². The maximum absolute atomic E-state index is 5.90. The van der Waals surface area contributed by atoms with Gasteiger partial charge in [0, 0.05) is 31.6 Å². The fraction of sp³-hybridized carbons (Fsp3) is 0.438. The molecule has 1 aliphatic heterocycles. The van der Waals surface area contributed by atoms with Crippen molar-refractivity contribution in [2.24, 2.45) is 10.7 Å². The molecule has 22 heavy (non-hydrogen) atoms. The van der Waals surface area contributed by atoms with Crippen molar-refractivity contribution < 1.29 is 0 Å². The van der Waals surface area contributed by atoms with Crippen molar-refractivity contribution in [3.05, 3.63) is 42.0 Å². The Balaban J connectivity index is 1.56. The summed E-state index contributed by atoms with van der Waals surface area (Å²) in [5, 5.41) is 11.7. The van der Waals surface area contributed by atoms with Crippen LogP contribution in [0.3, 0.4) is 0 Å². The molecule has 0 saturated carbocycles. The molecule has 1 aliphatic rings. The van der Waals surface area contributed by atoms with Gasteiger partial charge in [-0.2, -0.15) is 0 Å². The molecule has 6 heteroatoms. The Morgan fingerprint density at radius 3 is 2.91 bits per heavy atom. The third-order valence-electron chi connectivity index (χ3n) is 3.85. The van der Waals surface area contributed by atoms with Gasteiger partial charge in [-0.15, -0.1) is 10.2 Å². The number of hydrogen-bond donors (Lipinski definition) is 2. The molecule has 0 unspecified atom stereocenters. The number of anilines is 1. The predicted molar refractivity (Wildman–Crippen MR) is 87.8 cm³/mol. The van der Waals surface area contributed by atoms with E-state index in [4.69, 9.17) is 5.73 Å². The highest BCUT2D eigenvalue weighted by atomic mass is 15.3. The highest BCUT2D eigenvalue weighted by Gasteiger charge is 2.13. The third kappa shape index (κ3) is 3.63. The van der Waals surface area contributed by atoms with Gasteiger partial charge in [0.05, 0.1) is 0 Å². The number of para-hydroxylation sites is 1. The molecule has 2 heterocycles. The summed E-state index contributed by atoms with van der Waals surface area (Å²) < 4.78 is 2.25. The first kappa shape index (κ1) is 14.6. The van der Waals surface area contributed by atoms with Crippen molar-refractivity contribution in [3.8, 4) is 0 Å². The molecule has 2 aromatic rings. The van der Waals surface area contributed by atoms with Crippen molar-refractivity contribution in [1.82, 2.24) is 14.8 Å². The summed E-state index contributed by atoms with van der Waals surface area (Å²) in [6, 6.07) is 9.80. The summed E-state index contributed by atoms with van der Waals surface area (Å²) in [5.41, 5.74) is 6.85. The zero-order valence-electron chi connectivity index (χ0n) is 12.7. The molecule has 1 aromatic carbocycles. The second-order valence-electron chi connectivity index (χ2n) is 5.50. The van der Waals surface area contributed by atoms with E-state index < -0.39 is 0 Å². The van der Waals surface area contributed by atoms with Crippen LogP contribution in [0.4, 0.5) is 5.69 Å². The lowest BCUT2D eigenvalue weighted by atomic mass is 10.2. The smallest absolute Gasteiger partial charge is 0.193 e. The van der Waals surface area contributed by atoms with Crippen LogP contribution in [0, 0.1) is 0 Å². The number of nitrogens with two attached hydrogens (primary N) is 1. The summed E-state index contributed by atoms with van der Waals surface area (Å²) in [4.78, 5) is 4.37. The van der Waals surface area contributed by atoms with E-state index in [-0.39, 0.29) is 0 Å². The molecule has 0 amide bonds. The van der Waals surface area contributed by atoms with Gasteiger partial charge in [0.25, 0.3) is 0 Å². The number of fused-ring (bicyclic) bond motifs is 1. The number of hydrogen-bond acceptors (Lipinski definition) is 3. The minimum atomic E-state index is 0.432. The minimum Gasteiger partial charge on any atom is -0.370 e. The molecule has 6 nitrogen and oxygen atoms in total. The van der Waals surface area contributed by atoms with E-state index in [9.17, 15) is 0 Å². The SMILES string of the molecule is NC(=NCCc1nnc2n1CCCCC2)Nc1ccccc1. The number of aromatic nitrogens is 3. The number of benzene rings is 1. The molecule has 0 radical (unpaired) electrons. The zero-order valence-corrected chi connectivity index (χ0v) is 12.7. The molecule has 0 atom stereocenters. The second kappa shape index (κ2) is 7.06. The van der Waals surface area contributed by atoms with Crippen LogP contribution in [-0.4, -0.2) is 27.3 Å². The summed E-state index contributed by atoms with van der Waals surface area (Å²) in [6.45, 7) is 1.64. The Morgan fingerprint density at radius 1 is 1.18 bits per heavy atom. The predicted octanol–water partition coefficient (Wildman–Crippen LogP) is 1.97. The number of nitrogens with one attached hydrogen (secondary N) is 1. The van der Waals surface area contributed by atoms with Crippen molar-refractivity contribution in [2.45, 2.75) is 38.6 Å². The summed E-state index contributed by atoms with van der Waals surface area (Å²) in [5.74, 6) is 2.57. The first-order chi connectivity index (χ1) is 10.8. The third-order valence-corrected chi connectivity index (χ3v) is 3.85. The molecule has 0 aliphatic carbocycles. The van der Waals surface area contributed by atoms with E-state index in [1.165, 1.54) is 19.3 Å². The Bertz CT molecular complexity index is 631. The van der Waals surface area contributed by atoms with E-state index in [1.54, 1.807) is 0 Å². The van der Waals surface area contributed by atoms with Crippen LogP contribution in [0.15, 0.2) is 35.3 Å². The molecule has 0 fully saturated rings. The average Bonchev–Trinajstić information content (AvgIpc) is 2.76. The fourth-order valence-corrected chi connectivity index (χ4v) is 2.72. The van der Waals surface area contributed by atoms with E-state index >= 15 is 0 Å². The van der Waals surface area contributed by atoms with Crippen LogP contribution in [0.25, 0.3) is 0 Å². The molecule has 0 saturated heterocycles. The molecule has 0 spiro atoms. The Labute approximate surface area is 130 Å². The maximum atomic E-state index is 5.90. The molecular formula is C16H22N6. The first-order valence-electron chi connectivity index (χ1n) is 7.86. The first-order valence-corrected chi connectivity index (χ1v) is 7.86. The highest BCUT2D eigenvalue weighted by molar-refractivity contribution is 5.92. The molecule has 3 N–H and O–H groups in total. The molecule has 1 aromatic heterocycles. The largest absolute Gasteiger partial charge is 0.370 e. The van der Waals surface area contributed by atoms with Crippen LogP contribution in [0.5, 0.6) is 0 Å². The number of nitrogens with zero attached hydrogens (tertiary/aromatic N) is 4. The lowest BCUT2D eigenvalue weighted by Gasteiger charge is -2.07. The van der Waals surface area contributed by atoms with Gasteiger partial charge in [-0.25, -0.2) is 0 Å².